The standard InChI is InChI=1S/C26H19F9O2/c1-2-12-3-4-22(36-11-12)13-5-16(27)23(17(28)6-13)14-7-18(29)24(19(30)8-14)26(34,35)37-15-9-20(31)25(33)21(32)10-15/h5-10,12,22H,2-4,11H2,1H3. The van der Waals surface area contributed by atoms with Gasteiger partial charge in [0, 0.05) is 12.1 Å². The average molecular weight is 534 g/mol. The topological polar surface area (TPSA) is 18.5 Å². The van der Waals surface area contributed by atoms with E-state index in [0.717, 1.165) is 25.0 Å². The maximum atomic E-state index is 14.9. The van der Waals surface area contributed by atoms with E-state index in [1.54, 1.807) is 0 Å². The van der Waals surface area contributed by atoms with Gasteiger partial charge in [0.15, 0.2) is 17.5 Å². The molecule has 0 bridgehead atoms. The molecule has 1 aliphatic heterocycles. The van der Waals surface area contributed by atoms with Crippen molar-refractivity contribution in [2.75, 3.05) is 6.61 Å². The summed E-state index contributed by atoms with van der Waals surface area (Å²) in [5.41, 5.74) is -3.38. The van der Waals surface area contributed by atoms with Gasteiger partial charge in [-0.3, -0.25) is 0 Å². The first kappa shape index (κ1) is 26.8. The molecule has 2 nitrogen and oxygen atoms in total. The molecule has 0 aliphatic carbocycles. The van der Waals surface area contributed by atoms with Crippen molar-refractivity contribution < 1.29 is 49.0 Å². The Balaban J connectivity index is 1.64. The van der Waals surface area contributed by atoms with Gasteiger partial charge in [-0.25, -0.2) is 30.7 Å². The van der Waals surface area contributed by atoms with Crippen LogP contribution in [0.5, 0.6) is 5.75 Å². The second-order valence-electron chi connectivity index (χ2n) is 8.67. The van der Waals surface area contributed by atoms with Crippen molar-refractivity contribution in [1.29, 1.82) is 0 Å². The summed E-state index contributed by atoms with van der Waals surface area (Å²) in [6, 6.07) is 2.56. The van der Waals surface area contributed by atoms with Gasteiger partial charge in [-0.1, -0.05) is 13.3 Å². The van der Waals surface area contributed by atoms with E-state index in [2.05, 4.69) is 4.74 Å². The lowest BCUT2D eigenvalue weighted by Crippen LogP contribution is -2.25. The van der Waals surface area contributed by atoms with Crippen LogP contribution in [0.25, 0.3) is 11.1 Å². The lowest BCUT2D eigenvalue weighted by molar-refractivity contribution is -0.189. The van der Waals surface area contributed by atoms with E-state index < -0.39 is 75.4 Å². The molecule has 0 saturated carbocycles. The van der Waals surface area contributed by atoms with Gasteiger partial charge < -0.3 is 9.47 Å². The van der Waals surface area contributed by atoms with Crippen molar-refractivity contribution in [3.05, 3.63) is 88.2 Å². The predicted molar refractivity (Wildman–Crippen MR) is 114 cm³/mol. The molecular weight excluding hydrogens is 515 g/mol. The van der Waals surface area contributed by atoms with Gasteiger partial charge >= 0.3 is 6.11 Å². The van der Waals surface area contributed by atoms with Crippen molar-refractivity contribution >= 4 is 0 Å². The van der Waals surface area contributed by atoms with E-state index in [9.17, 15) is 39.5 Å². The maximum Gasteiger partial charge on any atom is 0.432 e. The van der Waals surface area contributed by atoms with E-state index in [1.165, 1.54) is 0 Å². The SMILES string of the molecule is CCC1CCC(c2cc(F)c(-c3cc(F)c(C(F)(F)Oc4cc(F)c(F)c(F)c4)c(F)c3)c(F)c2)OC1. The Morgan fingerprint density at radius 3 is 1.84 bits per heavy atom. The molecule has 2 unspecified atom stereocenters. The third-order valence-corrected chi connectivity index (χ3v) is 6.21. The Morgan fingerprint density at radius 1 is 0.784 bits per heavy atom. The summed E-state index contributed by atoms with van der Waals surface area (Å²) in [6.07, 6.45) is -3.21. The highest BCUT2D eigenvalue weighted by atomic mass is 19.3. The quantitative estimate of drug-likeness (QED) is 0.234. The highest BCUT2D eigenvalue weighted by molar-refractivity contribution is 5.66. The summed E-state index contributed by atoms with van der Waals surface area (Å²) in [5.74, 6) is -12.9. The third-order valence-electron chi connectivity index (χ3n) is 6.21. The molecule has 1 fully saturated rings. The van der Waals surface area contributed by atoms with Gasteiger partial charge in [0.25, 0.3) is 0 Å². The van der Waals surface area contributed by atoms with Crippen LogP contribution in [0.15, 0.2) is 36.4 Å². The monoisotopic (exact) mass is 534 g/mol. The minimum Gasteiger partial charge on any atom is -0.429 e. The fourth-order valence-electron chi connectivity index (χ4n) is 4.23. The highest BCUT2D eigenvalue weighted by Crippen LogP contribution is 2.40. The molecule has 0 spiro atoms. The van der Waals surface area contributed by atoms with Crippen LogP contribution >= 0.6 is 0 Å². The van der Waals surface area contributed by atoms with E-state index >= 15 is 0 Å². The molecule has 3 aromatic rings. The first-order chi connectivity index (χ1) is 17.4. The van der Waals surface area contributed by atoms with Crippen molar-refractivity contribution in [2.24, 2.45) is 5.92 Å². The summed E-state index contributed by atoms with van der Waals surface area (Å²) < 4.78 is 137. The predicted octanol–water partition coefficient (Wildman–Crippen LogP) is 8.33. The number of benzene rings is 3. The first-order valence-electron chi connectivity index (χ1n) is 11.2. The van der Waals surface area contributed by atoms with Crippen LogP contribution in [-0.4, -0.2) is 6.61 Å². The van der Waals surface area contributed by atoms with Crippen LogP contribution in [0.4, 0.5) is 39.5 Å². The van der Waals surface area contributed by atoms with Crippen LogP contribution in [0.2, 0.25) is 0 Å². The smallest absolute Gasteiger partial charge is 0.429 e. The van der Waals surface area contributed by atoms with E-state index in [0.29, 0.717) is 18.9 Å². The van der Waals surface area contributed by atoms with Crippen LogP contribution in [0.3, 0.4) is 0 Å². The first-order valence-corrected chi connectivity index (χ1v) is 11.2. The summed E-state index contributed by atoms with van der Waals surface area (Å²) in [6.45, 7) is 2.41. The summed E-state index contributed by atoms with van der Waals surface area (Å²) in [4.78, 5) is 0. The van der Waals surface area contributed by atoms with E-state index in [4.69, 9.17) is 4.74 Å². The molecule has 1 saturated heterocycles. The maximum absolute atomic E-state index is 14.9. The second kappa shape index (κ2) is 10.3. The van der Waals surface area contributed by atoms with Gasteiger partial charge in [0.1, 0.15) is 34.6 Å². The van der Waals surface area contributed by atoms with Crippen LogP contribution in [-0.2, 0) is 10.8 Å². The van der Waals surface area contributed by atoms with E-state index in [-0.39, 0.29) is 29.8 Å². The molecule has 1 aliphatic rings. The number of alkyl halides is 2. The lowest BCUT2D eigenvalue weighted by atomic mass is 9.92. The van der Waals surface area contributed by atoms with E-state index in [1.807, 2.05) is 6.92 Å². The molecule has 0 aromatic heterocycles. The number of hydrogen-bond acceptors (Lipinski definition) is 2. The number of hydrogen-bond donors (Lipinski definition) is 0. The zero-order chi connectivity index (χ0) is 27.1. The van der Waals surface area contributed by atoms with Gasteiger partial charge in [-0.15, -0.1) is 0 Å². The molecule has 3 aromatic carbocycles. The zero-order valence-corrected chi connectivity index (χ0v) is 19.2. The number of halogens is 9. The van der Waals surface area contributed by atoms with Gasteiger partial charge in [-0.05, 0) is 54.2 Å². The van der Waals surface area contributed by atoms with Crippen molar-refractivity contribution in [2.45, 2.75) is 38.4 Å². The van der Waals surface area contributed by atoms with Crippen molar-refractivity contribution in [1.82, 2.24) is 0 Å². The normalized spacial score (nSPS) is 18.2. The molecule has 0 amide bonds. The molecule has 11 heteroatoms. The Labute approximate surface area is 205 Å². The highest BCUT2D eigenvalue weighted by Gasteiger charge is 2.42. The van der Waals surface area contributed by atoms with Gasteiger partial charge in [-0.2, -0.15) is 8.78 Å². The van der Waals surface area contributed by atoms with Gasteiger partial charge in [0.2, 0.25) is 0 Å². The van der Waals surface area contributed by atoms with Crippen LogP contribution < -0.4 is 4.74 Å². The Hall–Kier alpha value is -3.21. The summed E-state index contributed by atoms with van der Waals surface area (Å²) in [5, 5.41) is 0. The molecule has 1 heterocycles. The van der Waals surface area contributed by atoms with Crippen molar-refractivity contribution in [3.63, 3.8) is 0 Å². The molecule has 37 heavy (non-hydrogen) atoms. The molecule has 198 valence electrons. The minimum atomic E-state index is -4.83. The van der Waals surface area contributed by atoms with Crippen LogP contribution in [0.1, 0.15) is 43.4 Å². The van der Waals surface area contributed by atoms with Crippen LogP contribution in [0, 0.1) is 46.6 Å². The lowest BCUT2D eigenvalue weighted by Gasteiger charge is -2.29. The number of rotatable bonds is 6. The largest absolute Gasteiger partial charge is 0.432 e. The molecule has 0 N–H and O–H groups in total. The molecule has 4 rings (SSSR count). The molecule has 0 radical (unpaired) electrons. The summed E-state index contributed by atoms with van der Waals surface area (Å²) >= 11 is 0. The fraction of sp³-hybridized carbons (Fsp3) is 0.308. The molecule has 2 atom stereocenters. The number of ether oxygens (including phenoxy) is 2. The van der Waals surface area contributed by atoms with Crippen molar-refractivity contribution in [3.8, 4) is 16.9 Å². The Morgan fingerprint density at radius 2 is 1.35 bits per heavy atom. The van der Waals surface area contributed by atoms with Gasteiger partial charge in [0.05, 0.1) is 18.3 Å². The summed E-state index contributed by atoms with van der Waals surface area (Å²) in [7, 11) is 0. The average Bonchev–Trinajstić information content (AvgIpc) is 2.81. The second-order valence-corrected chi connectivity index (χ2v) is 8.67. The Bertz CT molecular complexity index is 1250. The zero-order valence-electron chi connectivity index (χ0n) is 19.2. The fourth-order valence-corrected chi connectivity index (χ4v) is 4.23. The Kier molecular flexibility index (Phi) is 7.45. The minimum absolute atomic E-state index is 0.0568. The molecular formula is C26H19F9O2. The third kappa shape index (κ3) is 5.41.